The molecule has 241 valence electrons. The van der Waals surface area contributed by atoms with Gasteiger partial charge in [-0.1, -0.05) is 171 Å². The first-order valence-corrected chi connectivity index (χ1v) is 42.2. The highest BCUT2D eigenvalue weighted by atomic mass is 29.6. The Morgan fingerprint density at radius 3 is 1.09 bits per heavy atom. The molecule has 0 aliphatic heterocycles. The molecule has 0 aliphatic carbocycles. The van der Waals surface area contributed by atoms with Crippen LogP contribution in [0, 0.1) is 0 Å². The molecular formula is C34H68NSi8. The van der Waals surface area contributed by atoms with Crippen molar-refractivity contribution in [2.45, 2.75) is 140 Å². The summed E-state index contributed by atoms with van der Waals surface area (Å²) in [4.78, 5) is 0. The highest BCUT2D eigenvalue weighted by Gasteiger charge is 2.52. The zero-order valence-corrected chi connectivity index (χ0v) is 39.2. The van der Waals surface area contributed by atoms with Crippen LogP contribution in [0.5, 0.6) is 0 Å². The molecule has 0 spiro atoms. The summed E-state index contributed by atoms with van der Waals surface area (Å²) >= 11 is 0. The van der Waals surface area contributed by atoms with E-state index < -0.39 is 55.0 Å². The van der Waals surface area contributed by atoms with Crippen LogP contribution >= 0.6 is 0 Å². The summed E-state index contributed by atoms with van der Waals surface area (Å²) < 4.78 is 3.08. The van der Waals surface area contributed by atoms with Gasteiger partial charge in [-0.3, -0.25) is 0 Å². The first-order chi connectivity index (χ1) is 19.4. The molecule has 2 aromatic rings. The third kappa shape index (κ3) is 11.9. The second-order valence-corrected chi connectivity index (χ2v) is 66.8. The molecule has 2 rings (SSSR count). The Labute approximate surface area is 278 Å². The monoisotopic (exact) mass is 714 g/mol. The largest absolute Gasteiger partial charge is 0.355 e. The van der Waals surface area contributed by atoms with Crippen LogP contribution in [0.25, 0.3) is 0 Å². The average Bonchev–Trinajstić information content (AvgIpc) is 2.80. The topological polar surface area (TPSA) is 3.24 Å². The summed E-state index contributed by atoms with van der Waals surface area (Å²) in [5.41, 5.74) is 11.1. The lowest BCUT2D eigenvalue weighted by Crippen LogP contribution is -2.67. The van der Waals surface area contributed by atoms with Gasteiger partial charge in [0.15, 0.2) is 0 Å². The molecule has 0 amide bonds. The van der Waals surface area contributed by atoms with Gasteiger partial charge in [0.05, 0.1) is 22.8 Å². The molecule has 0 N–H and O–H groups in total. The highest BCUT2D eigenvalue weighted by molar-refractivity contribution is 7.55. The van der Waals surface area contributed by atoms with Crippen LogP contribution in [0.3, 0.4) is 0 Å². The second kappa shape index (κ2) is 14.8. The molecule has 0 bridgehead atoms. The lowest BCUT2D eigenvalue weighted by atomic mass is 10.3. The van der Waals surface area contributed by atoms with Crippen molar-refractivity contribution in [1.29, 1.82) is 0 Å². The summed E-state index contributed by atoms with van der Waals surface area (Å²) in [6.07, 6.45) is 0. The third-order valence-electron chi connectivity index (χ3n) is 8.68. The van der Waals surface area contributed by atoms with Gasteiger partial charge in [-0.05, 0) is 29.8 Å². The van der Waals surface area contributed by atoms with Gasteiger partial charge in [-0.15, -0.1) is 0 Å². The van der Waals surface area contributed by atoms with Gasteiger partial charge < -0.3 is 4.57 Å². The van der Waals surface area contributed by atoms with E-state index in [-0.39, 0.29) is 0 Å². The van der Waals surface area contributed by atoms with Crippen molar-refractivity contribution in [3.8, 4) is 0 Å². The Hall–Kier alpha value is -0.0249. The Morgan fingerprint density at radius 1 is 0.512 bits per heavy atom. The molecule has 9 heteroatoms. The first kappa shape index (κ1) is 39.2. The maximum Gasteiger partial charge on any atom is 0.0911 e. The molecule has 0 unspecified atom stereocenters. The van der Waals surface area contributed by atoms with E-state index in [4.69, 9.17) is 0 Å². The van der Waals surface area contributed by atoms with Gasteiger partial charge in [-0.2, -0.15) is 0 Å². The van der Waals surface area contributed by atoms with Gasteiger partial charge >= 0.3 is 0 Å². The fourth-order valence-electron chi connectivity index (χ4n) is 7.60. The molecule has 1 nitrogen and oxygen atoms in total. The molecule has 0 atom stereocenters. The standard InChI is InChI=1S/C34H68NSi8/c1-31(2)42(27-38(5,6)7,28-39(8,9)10)36-37(43(32(3)4,29-40(11,12)13)30-41(14,15)16)35(33-23-19-17-20-24-33)34-25-21-18-22-26-34/h17-26,31-32H,27-30H2,1-16H3. The summed E-state index contributed by atoms with van der Waals surface area (Å²) in [6.45, 7) is 43.2. The van der Waals surface area contributed by atoms with Gasteiger partial charge in [0, 0.05) is 51.8 Å². The van der Waals surface area contributed by atoms with Crippen molar-refractivity contribution in [3.63, 3.8) is 0 Å². The molecule has 2 aromatic carbocycles. The molecular weight excluding hydrogens is 647 g/mol. The maximum absolute atomic E-state index is 3.08. The van der Waals surface area contributed by atoms with Crippen molar-refractivity contribution in [2.75, 3.05) is 4.57 Å². The van der Waals surface area contributed by atoms with Gasteiger partial charge in [-0.25, -0.2) is 0 Å². The zero-order chi connectivity index (χ0) is 33.1. The van der Waals surface area contributed by atoms with Gasteiger partial charge in [0.1, 0.15) is 0 Å². The van der Waals surface area contributed by atoms with Crippen LogP contribution in [-0.4, -0.2) is 63.2 Å². The van der Waals surface area contributed by atoms with E-state index in [0.29, 0.717) is 0 Å². The minimum Gasteiger partial charge on any atom is -0.355 e. The fraction of sp³-hybridized carbons (Fsp3) is 0.647. The first-order valence-electron chi connectivity index (χ1n) is 17.0. The summed E-state index contributed by atoms with van der Waals surface area (Å²) in [7, 11) is -8.35. The van der Waals surface area contributed by atoms with Crippen molar-refractivity contribution in [2.24, 2.45) is 0 Å². The number of hydrogen-bond donors (Lipinski definition) is 0. The lowest BCUT2D eigenvalue weighted by molar-refractivity contribution is 1.01. The van der Waals surface area contributed by atoms with Crippen LogP contribution in [0.2, 0.25) is 112 Å². The van der Waals surface area contributed by atoms with Gasteiger partial charge in [0.2, 0.25) is 0 Å². The fourth-order valence-corrected chi connectivity index (χ4v) is 120. The third-order valence-corrected chi connectivity index (χ3v) is 73.5. The zero-order valence-electron chi connectivity index (χ0n) is 31.2. The van der Waals surface area contributed by atoms with Crippen molar-refractivity contribution in [1.82, 2.24) is 0 Å². The number of para-hydroxylation sites is 2. The van der Waals surface area contributed by atoms with Crippen LogP contribution in [0.15, 0.2) is 60.7 Å². The minimum atomic E-state index is -1.78. The Morgan fingerprint density at radius 2 is 0.837 bits per heavy atom. The molecule has 0 heterocycles. The predicted molar refractivity (Wildman–Crippen MR) is 221 cm³/mol. The Bertz CT molecular complexity index is 1100. The predicted octanol–water partition coefficient (Wildman–Crippen LogP) is 11.8. The van der Waals surface area contributed by atoms with E-state index in [9.17, 15) is 0 Å². The minimum absolute atomic E-state index is 0.819. The molecule has 0 saturated carbocycles. The molecule has 0 aromatic heterocycles. The molecule has 0 saturated heterocycles. The number of rotatable bonds is 15. The maximum atomic E-state index is 3.08. The molecule has 0 aliphatic rings. The second-order valence-electron chi connectivity index (χ2n) is 19.1. The SMILES string of the molecule is CC(C)[Si](C[Si](C)(C)C)(C[Si](C)(C)C)[Si]=[Si](N(c1ccccc1)c1ccccc1)[Si](C[Si](C)(C)C)(C[Si](C)(C)C)C(C)C. The number of hydrogen-bond acceptors (Lipinski definition) is 1. The van der Waals surface area contributed by atoms with E-state index >= 15 is 0 Å². The molecule has 0 fully saturated rings. The van der Waals surface area contributed by atoms with Crippen molar-refractivity contribution < 1.29 is 0 Å². The van der Waals surface area contributed by atoms with E-state index in [2.05, 4.69) is 171 Å². The van der Waals surface area contributed by atoms with E-state index in [1.54, 1.807) is 22.7 Å². The number of benzene rings is 2. The lowest BCUT2D eigenvalue weighted by Gasteiger charge is -2.50. The van der Waals surface area contributed by atoms with Gasteiger partial charge in [0.25, 0.3) is 0 Å². The quantitative estimate of drug-likeness (QED) is 0.166. The van der Waals surface area contributed by atoms with Crippen molar-refractivity contribution >= 4 is 74.6 Å². The van der Waals surface area contributed by atoms with E-state index in [1.165, 1.54) is 19.5 Å². The Balaban J connectivity index is 3.29. The smallest absolute Gasteiger partial charge is 0.0911 e. The average molecular weight is 716 g/mol. The number of anilines is 2. The summed E-state index contributed by atoms with van der Waals surface area (Å²) in [5, 5.41) is 0. The normalized spacial score (nSPS) is 14.5. The number of nitrogens with zero attached hydrogens (tertiary/aromatic N) is 1. The summed E-state index contributed by atoms with van der Waals surface area (Å²) in [5.74, 6) is 0. The van der Waals surface area contributed by atoms with Crippen LogP contribution in [-0.2, 0) is 0 Å². The van der Waals surface area contributed by atoms with E-state index in [1.807, 2.05) is 0 Å². The Kier molecular flexibility index (Phi) is 13.5. The van der Waals surface area contributed by atoms with Crippen molar-refractivity contribution in [3.05, 3.63) is 60.7 Å². The van der Waals surface area contributed by atoms with Crippen LogP contribution < -0.4 is 4.57 Å². The van der Waals surface area contributed by atoms with Crippen LogP contribution in [0.1, 0.15) is 27.7 Å². The van der Waals surface area contributed by atoms with Crippen LogP contribution in [0.4, 0.5) is 11.4 Å². The van der Waals surface area contributed by atoms with E-state index in [0.717, 1.165) is 11.1 Å². The molecule has 43 heavy (non-hydrogen) atoms. The molecule has 1 radical (unpaired) electrons. The summed E-state index contributed by atoms with van der Waals surface area (Å²) in [6, 6.07) is 23.5. The highest BCUT2D eigenvalue weighted by Crippen LogP contribution is 2.43.